The Morgan fingerprint density at radius 3 is 2.89 bits per heavy atom. The summed E-state index contributed by atoms with van der Waals surface area (Å²) in [6, 6.07) is 9.75. The number of carbonyl (C=O) groups is 1. The third-order valence-electron chi connectivity index (χ3n) is 2.42. The van der Waals surface area contributed by atoms with Crippen molar-refractivity contribution in [3.05, 3.63) is 53.9 Å². The molecule has 0 radical (unpaired) electrons. The molecule has 19 heavy (non-hydrogen) atoms. The minimum absolute atomic E-state index is 0.0140. The quantitative estimate of drug-likeness (QED) is 0.675. The maximum atomic E-state index is 11.4. The van der Waals surface area contributed by atoms with E-state index in [1.54, 1.807) is 18.3 Å². The molecule has 1 aromatic heterocycles. The SMILES string of the molecule is COC(=O)c1ccc(O)c(N=Cc2ccccn2)c1. The van der Waals surface area contributed by atoms with Crippen molar-refractivity contribution >= 4 is 17.9 Å². The first kappa shape index (κ1) is 12.8. The molecule has 1 heterocycles. The second-order valence-corrected chi connectivity index (χ2v) is 3.71. The summed E-state index contributed by atoms with van der Waals surface area (Å²) in [4.78, 5) is 19.6. The second-order valence-electron chi connectivity index (χ2n) is 3.71. The van der Waals surface area contributed by atoms with Crippen LogP contribution in [0.5, 0.6) is 5.75 Å². The Kier molecular flexibility index (Phi) is 3.87. The van der Waals surface area contributed by atoms with Crippen LogP contribution in [-0.2, 0) is 4.74 Å². The lowest BCUT2D eigenvalue weighted by Crippen LogP contribution is -2.00. The molecule has 2 rings (SSSR count). The first-order valence-electron chi connectivity index (χ1n) is 5.57. The summed E-state index contributed by atoms with van der Waals surface area (Å²) in [6.07, 6.45) is 3.15. The number of pyridine rings is 1. The molecule has 0 saturated carbocycles. The molecule has 0 fully saturated rings. The van der Waals surface area contributed by atoms with Gasteiger partial charge in [-0.25, -0.2) is 4.79 Å². The highest BCUT2D eigenvalue weighted by Gasteiger charge is 2.08. The predicted molar refractivity (Wildman–Crippen MR) is 70.9 cm³/mol. The van der Waals surface area contributed by atoms with Crippen LogP contribution in [0.4, 0.5) is 5.69 Å². The number of phenolic OH excluding ortho intramolecular Hbond substituents is 1. The zero-order valence-corrected chi connectivity index (χ0v) is 10.3. The number of ether oxygens (including phenoxy) is 1. The maximum Gasteiger partial charge on any atom is 0.337 e. The maximum absolute atomic E-state index is 11.4. The summed E-state index contributed by atoms with van der Waals surface area (Å²) in [6.45, 7) is 0. The number of aromatic hydroxyl groups is 1. The van der Waals surface area contributed by atoms with E-state index in [4.69, 9.17) is 0 Å². The van der Waals surface area contributed by atoms with Crippen LogP contribution in [0.1, 0.15) is 16.1 Å². The molecule has 0 unspecified atom stereocenters. The van der Waals surface area contributed by atoms with Gasteiger partial charge >= 0.3 is 5.97 Å². The van der Waals surface area contributed by atoms with E-state index < -0.39 is 5.97 Å². The fraction of sp³-hybridized carbons (Fsp3) is 0.0714. The molecular weight excluding hydrogens is 244 g/mol. The summed E-state index contributed by atoms with van der Waals surface area (Å²) < 4.78 is 4.61. The van der Waals surface area contributed by atoms with Crippen molar-refractivity contribution in [1.82, 2.24) is 4.98 Å². The third-order valence-corrected chi connectivity index (χ3v) is 2.42. The standard InChI is InChI=1S/C14H12N2O3/c1-19-14(18)10-5-6-13(17)12(8-10)16-9-11-4-2-3-7-15-11/h2-9,17H,1H3. The van der Waals surface area contributed by atoms with Gasteiger partial charge in [0.15, 0.2) is 0 Å². The van der Waals surface area contributed by atoms with Crippen LogP contribution in [0.2, 0.25) is 0 Å². The van der Waals surface area contributed by atoms with E-state index in [0.717, 1.165) is 0 Å². The van der Waals surface area contributed by atoms with Crippen molar-refractivity contribution in [2.24, 2.45) is 4.99 Å². The lowest BCUT2D eigenvalue weighted by molar-refractivity contribution is 0.0601. The molecule has 2 aromatic rings. The number of aliphatic imine (C=N–C) groups is 1. The minimum atomic E-state index is -0.478. The first-order chi connectivity index (χ1) is 9.20. The van der Waals surface area contributed by atoms with Crippen molar-refractivity contribution < 1.29 is 14.6 Å². The monoisotopic (exact) mass is 256 g/mol. The molecule has 1 N–H and O–H groups in total. The van der Waals surface area contributed by atoms with Crippen LogP contribution in [0, 0.1) is 0 Å². The van der Waals surface area contributed by atoms with E-state index in [1.165, 1.54) is 31.5 Å². The highest BCUT2D eigenvalue weighted by Crippen LogP contribution is 2.27. The van der Waals surface area contributed by atoms with Gasteiger partial charge in [-0.05, 0) is 30.3 Å². The Morgan fingerprint density at radius 2 is 2.21 bits per heavy atom. The Labute approximate surface area is 110 Å². The highest BCUT2D eigenvalue weighted by molar-refractivity contribution is 5.91. The van der Waals surface area contributed by atoms with Gasteiger partial charge in [-0.1, -0.05) is 6.07 Å². The number of esters is 1. The normalized spacial score (nSPS) is 10.6. The molecule has 0 saturated heterocycles. The molecule has 0 aliphatic carbocycles. The van der Waals surface area contributed by atoms with Crippen LogP contribution in [0.15, 0.2) is 47.6 Å². The van der Waals surface area contributed by atoms with Gasteiger partial charge in [0, 0.05) is 6.20 Å². The van der Waals surface area contributed by atoms with Gasteiger partial charge in [0.25, 0.3) is 0 Å². The summed E-state index contributed by atoms with van der Waals surface area (Å²) in [5.41, 5.74) is 1.27. The van der Waals surface area contributed by atoms with E-state index in [2.05, 4.69) is 14.7 Å². The molecule has 0 atom stereocenters. The fourth-order valence-corrected chi connectivity index (χ4v) is 1.46. The van der Waals surface area contributed by atoms with E-state index in [9.17, 15) is 9.90 Å². The topological polar surface area (TPSA) is 71.8 Å². The van der Waals surface area contributed by atoms with Gasteiger partial charge < -0.3 is 9.84 Å². The van der Waals surface area contributed by atoms with E-state index in [-0.39, 0.29) is 11.4 Å². The number of carbonyl (C=O) groups excluding carboxylic acids is 1. The Bertz CT molecular complexity index is 609. The zero-order valence-electron chi connectivity index (χ0n) is 10.3. The number of methoxy groups -OCH3 is 1. The Hall–Kier alpha value is -2.69. The highest BCUT2D eigenvalue weighted by atomic mass is 16.5. The number of hydrogen-bond donors (Lipinski definition) is 1. The Balaban J connectivity index is 2.29. The van der Waals surface area contributed by atoms with Crippen LogP contribution in [0.3, 0.4) is 0 Å². The average Bonchev–Trinajstić information content (AvgIpc) is 2.46. The van der Waals surface area contributed by atoms with Crippen LogP contribution in [0.25, 0.3) is 0 Å². The van der Waals surface area contributed by atoms with Gasteiger partial charge in [-0.2, -0.15) is 0 Å². The lowest BCUT2D eigenvalue weighted by atomic mass is 10.2. The number of rotatable bonds is 3. The molecule has 5 heteroatoms. The summed E-state index contributed by atoms with van der Waals surface area (Å²) >= 11 is 0. The second kappa shape index (κ2) is 5.77. The number of nitrogens with zero attached hydrogens (tertiary/aromatic N) is 2. The molecule has 5 nitrogen and oxygen atoms in total. The molecule has 96 valence electrons. The average molecular weight is 256 g/mol. The minimum Gasteiger partial charge on any atom is -0.506 e. The van der Waals surface area contributed by atoms with E-state index in [1.807, 2.05) is 6.07 Å². The lowest BCUT2D eigenvalue weighted by Gasteiger charge is -2.02. The number of phenols is 1. The molecule has 1 aromatic carbocycles. The molecule has 0 spiro atoms. The smallest absolute Gasteiger partial charge is 0.337 e. The summed E-state index contributed by atoms with van der Waals surface area (Å²) in [5.74, 6) is -0.492. The molecule has 0 bridgehead atoms. The predicted octanol–water partition coefficient (Wildman–Crippen LogP) is 2.32. The van der Waals surface area contributed by atoms with Gasteiger partial charge in [-0.15, -0.1) is 0 Å². The number of benzene rings is 1. The van der Waals surface area contributed by atoms with Crippen LogP contribution >= 0.6 is 0 Å². The molecule has 0 aliphatic rings. The van der Waals surface area contributed by atoms with Crippen molar-refractivity contribution in [2.75, 3.05) is 7.11 Å². The van der Waals surface area contributed by atoms with Crippen molar-refractivity contribution in [1.29, 1.82) is 0 Å². The fourth-order valence-electron chi connectivity index (χ4n) is 1.46. The molecule has 0 amide bonds. The van der Waals surface area contributed by atoms with E-state index in [0.29, 0.717) is 11.3 Å². The van der Waals surface area contributed by atoms with Crippen molar-refractivity contribution in [2.45, 2.75) is 0 Å². The van der Waals surface area contributed by atoms with Gasteiger partial charge in [0.2, 0.25) is 0 Å². The first-order valence-corrected chi connectivity index (χ1v) is 5.57. The zero-order chi connectivity index (χ0) is 13.7. The number of aromatic nitrogens is 1. The van der Waals surface area contributed by atoms with E-state index >= 15 is 0 Å². The largest absolute Gasteiger partial charge is 0.506 e. The number of hydrogen-bond acceptors (Lipinski definition) is 5. The van der Waals surface area contributed by atoms with Gasteiger partial charge in [0.1, 0.15) is 11.4 Å². The van der Waals surface area contributed by atoms with Crippen molar-refractivity contribution in [3.63, 3.8) is 0 Å². The van der Waals surface area contributed by atoms with Crippen molar-refractivity contribution in [3.8, 4) is 5.75 Å². The summed E-state index contributed by atoms with van der Waals surface area (Å²) in [5, 5.41) is 9.68. The van der Waals surface area contributed by atoms with Crippen LogP contribution in [-0.4, -0.2) is 29.4 Å². The van der Waals surface area contributed by atoms with Gasteiger partial charge in [-0.3, -0.25) is 9.98 Å². The third kappa shape index (κ3) is 3.16. The summed E-state index contributed by atoms with van der Waals surface area (Å²) in [7, 11) is 1.30. The molecule has 0 aliphatic heterocycles. The van der Waals surface area contributed by atoms with Gasteiger partial charge in [0.05, 0.1) is 24.6 Å². The van der Waals surface area contributed by atoms with Crippen LogP contribution < -0.4 is 0 Å². The molecular formula is C14H12N2O3. The Morgan fingerprint density at radius 1 is 1.37 bits per heavy atom.